The van der Waals surface area contributed by atoms with Crippen LogP contribution in [-0.4, -0.2) is 59.5 Å². The first-order valence-corrected chi connectivity index (χ1v) is 12.4. The van der Waals surface area contributed by atoms with Crippen LogP contribution < -0.4 is 5.32 Å². The lowest BCUT2D eigenvalue weighted by Crippen LogP contribution is -2.59. The number of nitrogens with zero attached hydrogens (tertiary/aromatic N) is 1. The maximum atomic E-state index is 12.8. The summed E-state index contributed by atoms with van der Waals surface area (Å²) >= 11 is 1.92. The number of ether oxygens (including phenoxy) is 1. The lowest BCUT2D eigenvalue weighted by atomic mass is 9.76. The number of alkyl halides is 3. The molecule has 2 N–H and O–H groups in total. The lowest BCUT2D eigenvalue weighted by Gasteiger charge is -2.49. The van der Waals surface area contributed by atoms with Crippen LogP contribution in [0.5, 0.6) is 0 Å². The first kappa shape index (κ1) is 24.0. The average Bonchev–Trinajstić information content (AvgIpc) is 3.12. The summed E-state index contributed by atoms with van der Waals surface area (Å²) in [4.78, 5) is 17.2. The predicted molar refractivity (Wildman–Crippen MR) is 117 cm³/mol. The van der Waals surface area contributed by atoms with Crippen LogP contribution in [0.3, 0.4) is 0 Å². The van der Waals surface area contributed by atoms with E-state index in [2.05, 4.69) is 30.1 Å². The van der Waals surface area contributed by atoms with Gasteiger partial charge in [-0.15, -0.1) is 11.3 Å². The first-order chi connectivity index (χ1) is 14.9. The molecule has 2 aliphatic heterocycles. The fourth-order valence-electron chi connectivity index (χ4n) is 5.34. The van der Waals surface area contributed by atoms with Crippen molar-refractivity contribution >= 4 is 17.2 Å². The van der Waals surface area contributed by atoms with Gasteiger partial charge >= 0.3 is 6.18 Å². The van der Waals surface area contributed by atoms with Crippen LogP contribution in [0.15, 0.2) is 6.07 Å². The summed E-state index contributed by atoms with van der Waals surface area (Å²) in [6.07, 6.45) is 0.231. The molecule has 1 saturated carbocycles. The van der Waals surface area contributed by atoms with Crippen LogP contribution in [0.4, 0.5) is 13.2 Å². The van der Waals surface area contributed by atoms with Crippen molar-refractivity contribution in [2.24, 2.45) is 5.92 Å². The lowest BCUT2D eigenvalue weighted by molar-refractivity contribution is -0.245. The van der Waals surface area contributed by atoms with Crippen molar-refractivity contribution in [3.63, 3.8) is 0 Å². The van der Waals surface area contributed by atoms with E-state index in [4.69, 9.17) is 4.74 Å². The summed E-state index contributed by atoms with van der Waals surface area (Å²) in [5.41, 5.74) is -2.15. The van der Waals surface area contributed by atoms with Gasteiger partial charge in [-0.1, -0.05) is 6.92 Å². The van der Waals surface area contributed by atoms with Gasteiger partial charge in [-0.25, -0.2) is 0 Å². The summed E-state index contributed by atoms with van der Waals surface area (Å²) < 4.78 is 44.9. The number of likely N-dealkylation sites (tertiary alicyclic amines) is 1. The zero-order chi connectivity index (χ0) is 23.3. The van der Waals surface area contributed by atoms with Crippen molar-refractivity contribution in [3.05, 3.63) is 21.4 Å². The molecule has 1 aromatic heterocycles. The van der Waals surface area contributed by atoms with Gasteiger partial charge in [0, 0.05) is 41.3 Å². The number of carbonyl (C=O) groups is 1. The molecule has 0 aromatic carbocycles. The minimum absolute atomic E-state index is 0.188. The van der Waals surface area contributed by atoms with E-state index in [1.807, 2.05) is 11.3 Å². The zero-order valence-corrected chi connectivity index (χ0v) is 19.7. The number of halogens is 3. The number of hydrogen-bond acceptors (Lipinski definition) is 5. The Morgan fingerprint density at radius 2 is 2.12 bits per heavy atom. The average molecular weight is 475 g/mol. The minimum atomic E-state index is -4.99. The van der Waals surface area contributed by atoms with Crippen LogP contribution >= 0.6 is 11.3 Å². The molecule has 1 saturated heterocycles. The molecule has 1 spiro atoms. The molecular formula is C23H33F3N2O3S. The summed E-state index contributed by atoms with van der Waals surface area (Å²) in [7, 11) is 0. The standard InChI is InChI=1S/C23H33F3N2O3S/c1-4-17-11-18-19(32-17)5-8-31-22(18)6-7-28(14(2)12-22)13-15-9-16(10-15)27-20(29)21(3,30)23(24,25)26/h11,14-16,30H,4-10,12-13H2,1-3H3,(H,27,29)/t14-,15-,16+,21?,22+/m0/s1. The second-order valence-corrected chi connectivity index (χ2v) is 11.1. The molecule has 32 heavy (non-hydrogen) atoms. The van der Waals surface area contributed by atoms with Gasteiger partial charge in [-0.2, -0.15) is 13.2 Å². The Hall–Kier alpha value is -1.16. The number of amides is 1. The van der Waals surface area contributed by atoms with Crippen molar-refractivity contribution in [2.45, 2.75) is 88.8 Å². The monoisotopic (exact) mass is 474 g/mol. The van der Waals surface area contributed by atoms with Crippen molar-refractivity contribution in [3.8, 4) is 0 Å². The SMILES string of the molecule is CCc1cc2c(s1)CCO[C@@]21CCN(C[C@H]2C[C@@H](NC(=O)C(C)(O)C(F)(F)F)C2)[C@@H](C)C1. The Bertz CT molecular complexity index is 850. The molecular weight excluding hydrogens is 441 g/mol. The molecule has 180 valence electrons. The van der Waals surface area contributed by atoms with Gasteiger partial charge < -0.3 is 20.1 Å². The molecule has 0 bridgehead atoms. The maximum absolute atomic E-state index is 12.8. The van der Waals surface area contributed by atoms with E-state index in [1.54, 1.807) is 0 Å². The van der Waals surface area contributed by atoms with E-state index in [9.17, 15) is 23.1 Å². The molecule has 5 nitrogen and oxygen atoms in total. The molecule has 3 atom stereocenters. The highest BCUT2D eigenvalue weighted by Gasteiger charge is 2.56. The second kappa shape index (κ2) is 8.56. The molecule has 3 aliphatic rings. The van der Waals surface area contributed by atoms with Crippen LogP contribution in [-0.2, 0) is 28.0 Å². The van der Waals surface area contributed by atoms with Gasteiger partial charge in [0.2, 0.25) is 5.60 Å². The molecule has 2 fully saturated rings. The Balaban J connectivity index is 1.29. The largest absolute Gasteiger partial charge is 0.426 e. The topological polar surface area (TPSA) is 61.8 Å². The van der Waals surface area contributed by atoms with E-state index in [-0.39, 0.29) is 11.6 Å². The van der Waals surface area contributed by atoms with Gasteiger partial charge in [0.05, 0.1) is 12.2 Å². The summed E-state index contributed by atoms with van der Waals surface area (Å²) in [5.74, 6) is -1.03. The van der Waals surface area contributed by atoms with E-state index >= 15 is 0 Å². The number of aliphatic hydroxyl groups is 1. The zero-order valence-electron chi connectivity index (χ0n) is 18.9. The third kappa shape index (κ3) is 4.33. The van der Waals surface area contributed by atoms with Crippen LogP contribution in [0.1, 0.15) is 61.8 Å². The van der Waals surface area contributed by atoms with E-state index in [0.29, 0.717) is 31.7 Å². The number of carbonyl (C=O) groups excluding carboxylic acids is 1. The van der Waals surface area contributed by atoms with Crippen LogP contribution in [0, 0.1) is 5.92 Å². The van der Waals surface area contributed by atoms with E-state index in [1.165, 1.54) is 15.3 Å². The second-order valence-electron chi connectivity index (χ2n) is 9.87. The molecule has 9 heteroatoms. The molecule has 0 radical (unpaired) electrons. The van der Waals surface area contributed by atoms with Gasteiger partial charge in [0.25, 0.3) is 5.91 Å². The fraction of sp³-hybridized carbons (Fsp3) is 0.783. The third-order valence-electron chi connectivity index (χ3n) is 7.52. The first-order valence-electron chi connectivity index (χ1n) is 11.6. The number of rotatable bonds is 5. The van der Waals surface area contributed by atoms with Crippen LogP contribution in [0.2, 0.25) is 0 Å². The Labute approximate surface area is 191 Å². The van der Waals surface area contributed by atoms with Gasteiger partial charge in [-0.3, -0.25) is 4.79 Å². The van der Waals surface area contributed by atoms with Crippen molar-refractivity contribution in [1.29, 1.82) is 0 Å². The van der Waals surface area contributed by atoms with Gasteiger partial charge in [0.1, 0.15) is 0 Å². The number of thiophene rings is 1. The number of hydrogen-bond donors (Lipinski definition) is 2. The van der Waals surface area contributed by atoms with Gasteiger partial charge in [-0.05, 0) is 63.5 Å². The Kier molecular flexibility index (Phi) is 6.42. The number of nitrogens with one attached hydrogen (secondary N) is 1. The number of piperidine rings is 1. The third-order valence-corrected chi connectivity index (χ3v) is 8.86. The van der Waals surface area contributed by atoms with Crippen molar-refractivity contribution in [2.75, 3.05) is 19.7 Å². The molecule has 1 unspecified atom stereocenters. The fourth-order valence-corrected chi connectivity index (χ4v) is 6.51. The van der Waals surface area contributed by atoms with Crippen LogP contribution in [0.25, 0.3) is 0 Å². The minimum Gasteiger partial charge on any atom is -0.373 e. The number of fused-ring (bicyclic) bond motifs is 2. The van der Waals surface area contributed by atoms with Crippen molar-refractivity contribution < 1.29 is 27.8 Å². The molecule has 1 amide bonds. The smallest absolute Gasteiger partial charge is 0.373 e. The molecule has 1 aliphatic carbocycles. The summed E-state index contributed by atoms with van der Waals surface area (Å²) in [5, 5.41) is 11.9. The van der Waals surface area contributed by atoms with Crippen molar-refractivity contribution in [1.82, 2.24) is 10.2 Å². The maximum Gasteiger partial charge on any atom is 0.426 e. The molecule has 1 aromatic rings. The van der Waals surface area contributed by atoms with E-state index in [0.717, 1.165) is 45.4 Å². The highest BCUT2D eigenvalue weighted by Crippen LogP contribution is 2.46. The van der Waals surface area contributed by atoms with Gasteiger partial charge in [0.15, 0.2) is 0 Å². The highest BCUT2D eigenvalue weighted by atomic mass is 32.1. The molecule has 4 rings (SSSR count). The Morgan fingerprint density at radius 3 is 2.75 bits per heavy atom. The highest BCUT2D eigenvalue weighted by molar-refractivity contribution is 7.12. The predicted octanol–water partition coefficient (Wildman–Crippen LogP) is 3.77. The Morgan fingerprint density at radius 1 is 1.41 bits per heavy atom. The summed E-state index contributed by atoms with van der Waals surface area (Å²) in [6.45, 7) is 7.48. The summed E-state index contributed by atoms with van der Waals surface area (Å²) in [6, 6.07) is 2.38. The molecule has 3 heterocycles. The normalized spacial score (nSPS) is 32.8. The van der Waals surface area contributed by atoms with E-state index < -0.39 is 17.7 Å². The quantitative estimate of drug-likeness (QED) is 0.682. The number of aryl methyl sites for hydroxylation is 1.